The summed E-state index contributed by atoms with van der Waals surface area (Å²) < 4.78 is 0. The van der Waals surface area contributed by atoms with Crippen molar-refractivity contribution in [3.8, 4) is 0 Å². The highest BCUT2D eigenvalue weighted by Gasteiger charge is 2.31. The molecule has 1 aromatic carbocycles. The molecule has 2 N–H and O–H groups in total. The number of hydrogen-bond donors (Lipinski definition) is 2. The Hall–Kier alpha value is -1.30. The van der Waals surface area contributed by atoms with Gasteiger partial charge in [-0.1, -0.05) is 23.2 Å². The van der Waals surface area contributed by atoms with E-state index in [-0.39, 0.29) is 25.0 Å². The van der Waals surface area contributed by atoms with E-state index in [0.717, 1.165) is 12.8 Å². The summed E-state index contributed by atoms with van der Waals surface area (Å²) in [6.07, 6.45) is 1.88. The Morgan fingerprint density at radius 2 is 1.95 bits per heavy atom. The van der Waals surface area contributed by atoms with Crippen molar-refractivity contribution in [3.05, 3.63) is 28.2 Å². The monoisotopic (exact) mass is 316 g/mol. The minimum Gasteiger partial charge on any atom is -0.480 e. The van der Waals surface area contributed by atoms with Crippen LogP contribution in [-0.4, -0.2) is 41.0 Å². The molecule has 1 saturated carbocycles. The molecule has 20 heavy (non-hydrogen) atoms. The van der Waals surface area contributed by atoms with Crippen LogP contribution in [0.25, 0.3) is 0 Å². The molecule has 2 rings (SSSR count). The molecule has 0 aromatic heterocycles. The van der Waals surface area contributed by atoms with Crippen LogP contribution in [0.2, 0.25) is 10.0 Å². The summed E-state index contributed by atoms with van der Waals surface area (Å²) in [5.74, 6) is -1.20. The second-order valence-electron chi connectivity index (χ2n) is 4.71. The number of benzene rings is 1. The molecule has 5 nitrogen and oxygen atoms in total. The first-order chi connectivity index (χ1) is 9.45. The summed E-state index contributed by atoms with van der Waals surface area (Å²) in [5.41, 5.74) is 0.537. The minimum absolute atomic E-state index is 0.0528. The van der Waals surface area contributed by atoms with E-state index in [2.05, 4.69) is 5.32 Å². The van der Waals surface area contributed by atoms with Crippen LogP contribution in [0.3, 0.4) is 0 Å². The third-order valence-electron chi connectivity index (χ3n) is 2.95. The molecule has 1 fully saturated rings. The number of anilines is 1. The largest absolute Gasteiger partial charge is 0.480 e. The molecule has 1 aliphatic rings. The van der Waals surface area contributed by atoms with Crippen LogP contribution < -0.4 is 5.32 Å². The standard InChI is InChI=1S/C13H14Cl2N2O3/c14-10-4-1-8(5-11(10)15)16-12(18)6-17(7-13(19)20)9-2-3-9/h1,4-5,9H,2-3,6-7H2,(H,16,18)(H,19,20). The average Bonchev–Trinajstić information content (AvgIpc) is 3.16. The van der Waals surface area contributed by atoms with Gasteiger partial charge in [0.1, 0.15) is 0 Å². The number of halogens is 2. The van der Waals surface area contributed by atoms with Gasteiger partial charge in [0.05, 0.1) is 23.1 Å². The number of carboxylic acids is 1. The van der Waals surface area contributed by atoms with Crippen LogP contribution in [0.5, 0.6) is 0 Å². The molecule has 1 aromatic rings. The Balaban J connectivity index is 1.93. The predicted octanol–water partition coefficient (Wildman–Crippen LogP) is 2.48. The maximum absolute atomic E-state index is 11.9. The van der Waals surface area contributed by atoms with Gasteiger partial charge in [-0.25, -0.2) is 0 Å². The van der Waals surface area contributed by atoms with Crippen LogP contribution >= 0.6 is 23.2 Å². The van der Waals surface area contributed by atoms with Gasteiger partial charge in [-0.2, -0.15) is 0 Å². The van der Waals surface area contributed by atoms with Crippen LogP contribution in [0.4, 0.5) is 5.69 Å². The number of carboxylic acid groups (broad SMARTS) is 1. The van der Waals surface area contributed by atoms with Crippen molar-refractivity contribution in [1.82, 2.24) is 4.90 Å². The Labute approximate surface area is 126 Å². The fraction of sp³-hybridized carbons (Fsp3) is 0.385. The molecule has 0 aliphatic heterocycles. The van der Waals surface area contributed by atoms with Gasteiger partial charge in [0.15, 0.2) is 0 Å². The van der Waals surface area contributed by atoms with Crippen molar-refractivity contribution < 1.29 is 14.7 Å². The highest BCUT2D eigenvalue weighted by Crippen LogP contribution is 2.27. The molecular formula is C13H14Cl2N2O3. The lowest BCUT2D eigenvalue weighted by atomic mass is 10.3. The molecule has 0 unspecified atom stereocenters. The van der Waals surface area contributed by atoms with Gasteiger partial charge in [-0.3, -0.25) is 14.5 Å². The van der Waals surface area contributed by atoms with Crippen molar-refractivity contribution in [2.45, 2.75) is 18.9 Å². The summed E-state index contributed by atoms with van der Waals surface area (Å²) in [6.45, 7) is -0.0727. The van der Waals surface area contributed by atoms with Crippen molar-refractivity contribution in [2.75, 3.05) is 18.4 Å². The Kier molecular flexibility index (Phi) is 4.86. The molecule has 0 bridgehead atoms. The summed E-state index contributed by atoms with van der Waals surface area (Å²) in [5, 5.41) is 12.3. The van der Waals surface area contributed by atoms with Gasteiger partial charge >= 0.3 is 5.97 Å². The molecule has 1 amide bonds. The van der Waals surface area contributed by atoms with E-state index in [1.54, 1.807) is 23.1 Å². The molecule has 0 heterocycles. The first-order valence-electron chi connectivity index (χ1n) is 6.16. The van der Waals surface area contributed by atoms with Gasteiger partial charge in [-0.15, -0.1) is 0 Å². The van der Waals surface area contributed by atoms with Gasteiger partial charge in [0.2, 0.25) is 5.91 Å². The second-order valence-corrected chi connectivity index (χ2v) is 5.52. The van der Waals surface area contributed by atoms with Crippen LogP contribution in [-0.2, 0) is 9.59 Å². The Morgan fingerprint density at radius 1 is 1.25 bits per heavy atom. The third-order valence-corrected chi connectivity index (χ3v) is 3.69. The zero-order chi connectivity index (χ0) is 14.7. The zero-order valence-corrected chi connectivity index (χ0v) is 12.1. The van der Waals surface area contributed by atoms with Gasteiger partial charge in [0, 0.05) is 11.7 Å². The van der Waals surface area contributed by atoms with E-state index in [4.69, 9.17) is 28.3 Å². The lowest BCUT2D eigenvalue weighted by molar-refractivity contribution is -0.138. The Bertz CT molecular complexity index is 532. The van der Waals surface area contributed by atoms with Crippen molar-refractivity contribution >= 4 is 40.8 Å². The second kappa shape index (κ2) is 6.43. The van der Waals surface area contributed by atoms with E-state index in [1.807, 2.05) is 0 Å². The number of amides is 1. The first kappa shape index (κ1) is 15.1. The van der Waals surface area contributed by atoms with E-state index in [9.17, 15) is 9.59 Å². The van der Waals surface area contributed by atoms with Gasteiger partial charge in [0.25, 0.3) is 0 Å². The number of aliphatic carboxylic acids is 1. The number of carbonyl (C=O) groups is 2. The number of rotatable bonds is 6. The van der Waals surface area contributed by atoms with Crippen LogP contribution in [0.15, 0.2) is 18.2 Å². The van der Waals surface area contributed by atoms with Gasteiger partial charge in [-0.05, 0) is 31.0 Å². The van der Waals surface area contributed by atoms with E-state index < -0.39 is 5.97 Å². The SMILES string of the molecule is O=C(O)CN(CC(=O)Nc1ccc(Cl)c(Cl)c1)C1CC1. The van der Waals surface area contributed by atoms with E-state index in [0.29, 0.717) is 15.7 Å². The molecule has 1 aliphatic carbocycles. The molecular weight excluding hydrogens is 303 g/mol. The van der Waals surface area contributed by atoms with Crippen LogP contribution in [0.1, 0.15) is 12.8 Å². The molecule has 108 valence electrons. The number of nitrogens with zero attached hydrogens (tertiary/aromatic N) is 1. The quantitative estimate of drug-likeness (QED) is 0.846. The maximum Gasteiger partial charge on any atom is 0.317 e. The van der Waals surface area contributed by atoms with Crippen molar-refractivity contribution in [2.24, 2.45) is 0 Å². The molecule has 0 saturated heterocycles. The van der Waals surface area contributed by atoms with E-state index >= 15 is 0 Å². The van der Waals surface area contributed by atoms with Crippen LogP contribution in [0, 0.1) is 0 Å². The zero-order valence-electron chi connectivity index (χ0n) is 10.6. The lowest BCUT2D eigenvalue weighted by Crippen LogP contribution is -2.38. The smallest absolute Gasteiger partial charge is 0.317 e. The third kappa shape index (κ3) is 4.37. The fourth-order valence-corrected chi connectivity index (χ4v) is 2.18. The van der Waals surface area contributed by atoms with E-state index in [1.165, 1.54) is 0 Å². The number of carbonyl (C=O) groups excluding carboxylic acids is 1. The maximum atomic E-state index is 11.9. The Morgan fingerprint density at radius 3 is 2.50 bits per heavy atom. The summed E-state index contributed by atoms with van der Waals surface area (Å²) >= 11 is 11.7. The lowest BCUT2D eigenvalue weighted by Gasteiger charge is -2.19. The summed E-state index contributed by atoms with van der Waals surface area (Å²) in [6, 6.07) is 4.99. The molecule has 0 spiro atoms. The summed E-state index contributed by atoms with van der Waals surface area (Å²) in [4.78, 5) is 24.3. The first-order valence-corrected chi connectivity index (χ1v) is 6.92. The minimum atomic E-state index is -0.931. The molecule has 0 radical (unpaired) electrons. The number of hydrogen-bond acceptors (Lipinski definition) is 3. The average molecular weight is 317 g/mol. The summed E-state index contributed by atoms with van der Waals surface area (Å²) in [7, 11) is 0. The highest BCUT2D eigenvalue weighted by atomic mass is 35.5. The normalized spacial score (nSPS) is 14.3. The van der Waals surface area contributed by atoms with Gasteiger partial charge < -0.3 is 10.4 Å². The topological polar surface area (TPSA) is 69.6 Å². The molecule has 7 heteroatoms. The van der Waals surface area contributed by atoms with Crippen molar-refractivity contribution in [3.63, 3.8) is 0 Å². The molecule has 0 atom stereocenters. The predicted molar refractivity (Wildman–Crippen MR) is 77.3 cm³/mol. The fourth-order valence-electron chi connectivity index (χ4n) is 1.89. The van der Waals surface area contributed by atoms with Crippen molar-refractivity contribution in [1.29, 1.82) is 0 Å². The number of nitrogens with one attached hydrogen (secondary N) is 1. The highest BCUT2D eigenvalue weighted by molar-refractivity contribution is 6.42.